The summed E-state index contributed by atoms with van der Waals surface area (Å²) < 4.78 is 11.6. The van der Waals surface area contributed by atoms with Gasteiger partial charge in [-0.3, -0.25) is 4.98 Å². The second kappa shape index (κ2) is 3.47. The number of aromatic nitrogens is 1. The van der Waals surface area contributed by atoms with Crippen molar-refractivity contribution < 1.29 is 14.4 Å². The Balaban J connectivity index is 2.23. The first-order valence-electron chi connectivity index (χ1n) is 5.32. The van der Waals surface area contributed by atoms with Gasteiger partial charge in [0, 0.05) is 0 Å². The monoisotopic (exact) mass is 221 g/mol. The number of aromatic hydroxyl groups is 1. The Hall–Kier alpha value is -1.07. The topological polar surface area (TPSA) is 51.6 Å². The van der Waals surface area contributed by atoms with Crippen LogP contribution in [-0.4, -0.2) is 28.4 Å². The third kappa shape index (κ3) is 1.81. The second-order valence-electron chi connectivity index (χ2n) is 5.03. The van der Waals surface area contributed by atoms with Gasteiger partial charge in [-0.25, -0.2) is 0 Å². The van der Waals surface area contributed by atoms with E-state index in [9.17, 15) is 0 Å². The van der Waals surface area contributed by atoms with Crippen LogP contribution < -0.4 is 5.59 Å². The summed E-state index contributed by atoms with van der Waals surface area (Å²) >= 11 is 0. The number of hydrogen-bond acceptors (Lipinski definition) is 4. The van der Waals surface area contributed by atoms with Gasteiger partial charge in [0.2, 0.25) is 0 Å². The minimum atomic E-state index is -0.467. The molecule has 0 radical (unpaired) electrons. The predicted octanol–water partition coefficient (Wildman–Crippen LogP) is 1.09. The normalized spacial score (nSPS) is 22.4. The van der Waals surface area contributed by atoms with E-state index in [1.54, 1.807) is 12.1 Å². The van der Waals surface area contributed by atoms with E-state index in [1.165, 1.54) is 6.20 Å². The van der Waals surface area contributed by atoms with Crippen LogP contribution in [0.25, 0.3) is 0 Å². The van der Waals surface area contributed by atoms with Crippen LogP contribution in [0.15, 0.2) is 18.3 Å². The van der Waals surface area contributed by atoms with Gasteiger partial charge < -0.3 is 14.4 Å². The molecule has 1 N–H and O–H groups in total. The lowest BCUT2D eigenvalue weighted by atomic mass is 9.84. The van der Waals surface area contributed by atoms with Crippen molar-refractivity contribution in [2.75, 3.05) is 0 Å². The summed E-state index contributed by atoms with van der Waals surface area (Å²) in [6.45, 7) is 7.97. The standard InChI is InChI=1S/C11H16BNO3/c1-10(2)11(3,4)16-12(15-10)9-6-5-8(14)7-13-9/h5-7,14H,1-4H3. The molecule has 0 aliphatic carbocycles. The highest BCUT2D eigenvalue weighted by atomic mass is 16.7. The molecule has 0 atom stereocenters. The molecule has 0 spiro atoms. The average Bonchev–Trinajstić information content (AvgIpc) is 2.37. The molecule has 1 aliphatic rings. The van der Waals surface area contributed by atoms with Crippen molar-refractivity contribution in [3.63, 3.8) is 0 Å². The minimum Gasteiger partial charge on any atom is -0.506 e. The molecule has 0 amide bonds. The van der Waals surface area contributed by atoms with Crippen molar-refractivity contribution in [1.29, 1.82) is 0 Å². The van der Waals surface area contributed by atoms with Gasteiger partial charge in [-0.1, -0.05) is 0 Å². The Morgan fingerprint density at radius 2 is 1.69 bits per heavy atom. The van der Waals surface area contributed by atoms with Gasteiger partial charge in [0.1, 0.15) is 5.75 Å². The molecule has 4 nitrogen and oxygen atoms in total. The molecule has 2 heterocycles. The molecule has 1 saturated heterocycles. The molecule has 1 fully saturated rings. The number of rotatable bonds is 1. The van der Waals surface area contributed by atoms with E-state index in [2.05, 4.69) is 4.98 Å². The van der Waals surface area contributed by atoms with Gasteiger partial charge in [0.25, 0.3) is 0 Å². The van der Waals surface area contributed by atoms with Gasteiger partial charge in [0.15, 0.2) is 0 Å². The van der Waals surface area contributed by atoms with Crippen LogP contribution in [0, 0.1) is 0 Å². The first kappa shape index (κ1) is 11.4. The Kier molecular flexibility index (Phi) is 2.47. The number of pyridine rings is 1. The van der Waals surface area contributed by atoms with Crippen molar-refractivity contribution in [3.8, 4) is 5.75 Å². The van der Waals surface area contributed by atoms with Crippen LogP contribution in [0.2, 0.25) is 0 Å². The molecule has 16 heavy (non-hydrogen) atoms. The molecule has 1 aromatic rings. The van der Waals surface area contributed by atoms with Gasteiger partial charge in [-0.2, -0.15) is 0 Å². The molecule has 0 aromatic carbocycles. The zero-order valence-electron chi connectivity index (χ0n) is 10.0. The number of hydrogen-bond donors (Lipinski definition) is 1. The van der Waals surface area contributed by atoms with E-state index in [0.717, 1.165) is 0 Å². The Morgan fingerprint density at radius 3 is 2.12 bits per heavy atom. The van der Waals surface area contributed by atoms with Crippen molar-refractivity contribution in [1.82, 2.24) is 4.98 Å². The Labute approximate surface area is 95.7 Å². The fourth-order valence-electron chi connectivity index (χ4n) is 1.50. The Bertz CT molecular complexity index is 373. The third-order valence-corrected chi connectivity index (χ3v) is 3.27. The lowest BCUT2D eigenvalue weighted by molar-refractivity contribution is 0.00578. The van der Waals surface area contributed by atoms with E-state index in [-0.39, 0.29) is 17.0 Å². The van der Waals surface area contributed by atoms with Crippen LogP contribution in [0.4, 0.5) is 0 Å². The highest BCUT2D eigenvalue weighted by Crippen LogP contribution is 2.36. The lowest BCUT2D eigenvalue weighted by Crippen LogP contribution is -2.41. The minimum absolute atomic E-state index is 0.139. The summed E-state index contributed by atoms with van der Waals surface area (Å²) in [5.41, 5.74) is -0.0504. The maximum atomic E-state index is 9.16. The van der Waals surface area contributed by atoms with E-state index in [1.807, 2.05) is 27.7 Å². The van der Waals surface area contributed by atoms with E-state index < -0.39 is 7.12 Å². The molecule has 1 aromatic heterocycles. The zero-order valence-corrected chi connectivity index (χ0v) is 10.0. The summed E-state index contributed by atoms with van der Waals surface area (Å²) in [6, 6.07) is 3.28. The summed E-state index contributed by atoms with van der Waals surface area (Å²) in [4.78, 5) is 4.09. The zero-order chi connectivity index (χ0) is 12.0. The lowest BCUT2D eigenvalue weighted by Gasteiger charge is -2.32. The summed E-state index contributed by atoms with van der Waals surface area (Å²) in [6.07, 6.45) is 1.39. The molecule has 2 rings (SSSR count). The van der Waals surface area contributed by atoms with Crippen LogP contribution in [-0.2, 0) is 9.31 Å². The maximum Gasteiger partial charge on any atom is 0.514 e. The molecule has 0 saturated carbocycles. The van der Waals surface area contributed by atoms with Crippen LogP contribution in [0.3, 0.4) is 0 Å². The molecule has 0 unspecified atom stereocenters. The van der Waals surface area contributed by atoms with Crippen molar-refractivity contribution in [2.45, 2.75) is 38.9 Å². The Morgan fingerprint density at radius 1 is 1.12 bits per heavy atom. The van der Waals surface area contributed by atoms with Crippen molar-refractivity contribution >= 4 is 12.7 Å². The van der Waals surface area contributed by atoms with Gasteiger partial charge in [-0.05, 0) is 39.8 Å². The number of nitrogens with zero attached hydrogens (tertiary/aromatic N) is 1. The average molecular weight is 221 g/mol. The molecular formula is C11H16BNO3. The van der Waals surface area contributed by atoms with Gasteiger partial charge >= 0.3 is 7.12 Å². The maximum absolute atomic E-state index is 9.16. The fourth-order valence-corrected chi connectivity index (χ4v) is 1.50. The van der Waals surface area contributed by atoms with Crippen LogP contribution >= 0.6 is 0 Å². The fraction of sp³-hybridized carbons (Fsp3) is 0.545. The first-order valence-corrected chi connectivity index (χ1v) is 5.32. The summed E-state index contributed by atoms with van der Waals surface area (Å²) in [7, 11) is -0.467. The quantitative estimate of drug-likeness (QED) is 0.721. The third-order valence-electron chi connectivity index (χ3n) is 3.27. The van der Waals surface area contributed by atoms with Gasteiger partial charge in [0.05, 0.1) is 23.0 Å². The van der Waals surface area contributed by atoms with Crippen LogP contribution in [0.1, 0.15) is 27.7 Å². The largest absolute Gasteiger partial charge is 0.514 e. The molecule has 0 bridgehead atoms. The molecule has 5 heteroatoms. The van der Waals surface area contributed by atoms with Crippen LogP contribution in [0.5, 0.6) is 5.75 Å². The summed E-state index contributed by atoms with van der Waals surface area (Å²) in [5, 5.41) is 9.16. The molecule has 1 aliphatic heterocycles. The molecule has 86 valence electrons. The van der Waals surface area contributed by atoms with Crippen molar-refractivity contribution in [3.05, 3.63) is 18.3 Å². The van der Waals surface area contributed by atoms with E-state index >= 15 is 0 Å². The van der Waals surface area contributed by atoms with E-state index in [0.29, 0.717) is 5.59 Å². The predicted molar refractivity (Wildman–Crippen MR) is 61.6 cm³/mol. The smallest absolute Gasteiger partial charge is 0.506 e. The highest BCUT2D eigenvalue weighted by Gasteiger charge is 2.52. The summed E-state index contributed by atoms with van der Waals surface area (Å²) in [5.74, 6) is 0.139. The highest BCUT2D eigenvalue weighted by molar-refractivity contribution is 6.61. The van der Waals surface area contributed by atoms with Crippen molar-refractivity contribution in [2.24, 2.45) is 0 Å². The first-order chi connectivity index (χ1) is 7.32. The van der Waals surface area contributed by atoms with Gasteiger partial charge in [-0.15, -0.1) is 0 Å². The molecular weight excluding hydrogens is 205 g/mol. The SMILES string of the molecule is CC1(C)OB(c2ccc(O)cn2)OC1(C)C. The second-order valence-corrected chi connectivity index (χ2v) is 5.03. The van der Waals surface area contributed by atoms with E-state index in [4.69, 9.17) is 14.4 Å².